The van der Waals surface area contributed by atoms with Crippen molar-refractivity contribution in [2.45, 2.75) is 38.9 Å². The van der Waals surface area contributed by atoms with Crippen LogP contribution in [0.2, 0.25) is 0 Å². The summed E-state index contributed by atoms with van der Waals surface area (Å²) in [6.45, 7) is 1.38. The average molecular weight is 551 g/mol. The summed E-state index contributed by atoms with van der Waals surface area (Å²) in [4.78, 5) is 40.0. The van der Waals surface area contributed by atoms with Crippen LogP contribution in [0.4, 0.5) is 0 Å². The number of thioether (sulfide) groups is 1. The number of carbonyl (C=O) groups is 3. The van der Waals surface area contributed by atoms with Crippen molar-refractivity contribution in [2.75, 3.05) is 12.4 Å². The van der Waals surface area contributed by atoms with Crippen molar-refractivity contribution in [3.8, 4) is 0 Å². The Balaban J connectivity index is 1.66. The number of rotatable bonds is 5. The number of β-lactam (4-membered cyclic amide) rings is 1. The van der Waals surface area contributed by atoms with Gasteiger partial charge in [0.2, 0.25) is 15.6 Å². The molecule has 2 aliphatic heterocycles. The SMILES string of the molecule is CC1(Br)CS[C@@H]2C(NC(=O)Cc3cccs3)C(=O)N2C1C(=O)OCC(Cl)(Cl)Cl. The highest BCUT2D eigenvalue weighted by molar-refractivity contribution is 9.10. The van der Waals surface area contributed by atoms with Gasteiger partial charge in [-0.05, 0) is 18.4 Å². The number of nitrogens with zero attached hydrogens (tertiary/aromatic N) is 1. The smallest absolute Gasteiger partial charge is 0.330 e. The van der Waals surface area contributed by atoms with Crippen molar-refractivity contribution in [3.05, 3.63) is 22.4 Å². The Bertz CT molecular complexity index is 772. The van der Waals surface area contributed by atoms with Crippen LogP contribution in [0.3, 0.4) is 0 Å². The monoisotopic (exact) mass is 548 g/mol. The van der Waals surface area contributed by atoms with Crippen LogP contribution in [0.5, 0.6) is 0 Å². The van der Waals surface area contributed by atoms with Crippen LogP contribution in [0.15, 0.2) is 17.5 Å². The molecular weight excluding hydrogens is 535 g/mol. The number of ether oxygens (including phenoxy) is 1. The van der Waals surface area contributed by atoms with Gasteiger partial charge in [-0.3, -0.25) is 9.59 Å². The first kappa shape index (κ1) is 22.5. The van der Waals surface area contributed by atoms with E-state index >= 15 is 0 Å². The molecule has 0 aromatic carbocycles. The number of hydrogen-bond donors (Lipinski definition) is 1. The van der Waals surface area contributed by atoms with Crippen LogP contribution < -0.4 is 5.32 Å². The van der Waals surface area contributed by atoms with Gasteiger partial charge in [-0.2, -0.15) is 0 Å². The maximum Gasteiger partial charge on any atom is 0.330 e. The van der Waals surface area contributed by atoms with Crippen LogP contribution in [-0.4, -0.2) is 60.6 Å². The highest BCUT2D eigenvalue weighted by atomic mass is 79.9. The molecule has 2 amide bonds. The first-order chi connectivity index (χ1) is 13.0. The number of amides is 2. The predicted octanol–water partition coefficient (Wildman–Crippen LogP) is 3.13. The van der Waals surface area contributed by atoms with Gasteiger partial charge in [0.05, 0.1) is 10.7 Å². The first-order valence-corrected chi connectivity index (χ1v) is 12.0. The zero-order valence-corrected chi connectivity index (χ0v) is 20.0. The summed E-state index contributed by atoms with van der Waals surface area (Å²) in [7, 11) is 0. The van der Waals surface area contributed by atoms with Crippen molar-refractivity contribution in [2.24, 2.45) is 0 Å². The fourth-order valence-corrected chi connectivity index (χ4v) is 6.16. The molecule has 6 nitrogen and oxygen atoms in total. The number of thiophene rings is 1. The topological polar surface area (TPSA) is 75.7 Å². The molecule has 28 heavy (non-hydrogen) atoms. The van der Waals surface area contributed by atoms with Crippen LogP contribution in [0, 0.1) is 0 Å². The summed E-state index contributed by atoms with van der Waals surface area (Å²) < 4.78 is 2.67. The zero-order valence-electron chi connectivity index (χ0n) is 14.5. The highest BCUT2D eigenvalue weighted by Crippen LogP contribution is 2.46. The van der Waals surface area contributed by atoms with Crippen LogP contribution >= 0.6 is 73.8 Å². The van der Waals surface area contributed by atoms with Crippen LogP contribution in [0.25, 0.3) is 0 Å². The minimum Gasteiger partial charge on any atom is -0.460 e. The van der Waals surface area contributed by atoms with E-state index in [1.807, 2.05) is 17.5 Å². The summed E-state index contributed by atoms with van der Waals surface area (Å²) >= 11 is 23.4. The van der Waals surface area contributed by atoms with Gasteiger partial charge in [-0.25, -0.2) is 4.79 Å². The molecule has 0 radical (unpaired) electrons. The summed E-state index contributed by atoms with van der Waals surface area (Å²) in [6, 6.07) is 2.17. The van der Waals surface area contributed by atoms with Gasteiger partial charge in [0.15, 0.2) is 0 Å². The van der Waals surface area contributed by atoms with Crippen LogP contribution in [-0.2, 0) is 25.5 Å². The quantitative estimate of drug-likeness (QED) is 0.347. The molecule has 1 aromatic rings. The predicted molar refractivity (Wildman–Crippen MR) is 115 cm³/mol. The number of fused-ring (bicyclic) bond motifs is 1. The van der Waals surface area contributed by atoms with Crippen molar-refractivity contribution in [3.63, 3.8) is 0 Å². The van der Waals surface area contributed by atoms with E-state index < -0.39 is 32.8 Å². The lowest BCUT2D eigenvalue weighted by atomic mass is 9.94. The maximum absolute atomic E-state index is 12.7. The van der Waals surface area contributed by atoms with Gasteiger partial charge in [0, 0.05) is 10.6 Å². The number of alkyl halides is 4. The van der Waals surface area contributed by atoms with Gasteiger partial charge in [0.1, 0.15) is 24.1 Å². The number of carbonyl (C=O) groups excluding carboxylic acids is 3. The summed E-state index contributed by atoms with van der Waals surface area (Å²) in [5, 5.41) is 4.31. The van der Waals surface area contributed by atoms with E-state index in [-0.39, 0.29) is 23.6 Å². The minimum absolute atomic E-state index is 0.212. The van der Waals surface area contributed by atoms with E-state index in [9.17, 15) is 14.4 Å². The molecule has 154 valence electrons. The lowest BCUT2D eigenvalue weighted by molar-refractivity contribution is -0.166. The Morgan fingerprint density at radius 2 is 2.18 bits per heavy atom. The largest absolute Gasteiger partial charge is 0.460 e. The van der Waals surface area contributed by atoms with E-state index in [4.69, 9.17) is 39.5 Å². The first-order valence-electron chi connectivity index (χ1n) is 8.17. The van der Waals surface area contributed by atoms with Crippen molar-refractivity contribution in [1.29, 1.82) is 0 Å². The molecule has 0 bridgehead atoms. The fraction of sp³-hybridized carbons (Fsp3) is 0.562. The van der Waals surface area contributed by atoms with Gasteiger partial charge in [-0.15, -0.1) is 23.1 Å². The minimum atomic E-state index is -1.74. The van der Waals surface area contributed by atoms with E-state index in [0.29, 0.717) is 5.75 Å². The average Bonchev–Trinajstić information content (AvgIpc) is 3.09. The number of hydrogen-bond acceptors (Lipinski definition) is 6. The van der Waals surface area contributed by atoms with E-state index in [1.54, 1.807) is 6.92 Å². The second-order valence-corrected chi connectivity index (χ2v) is 13.1. The Hall–Kier alpha value is -0.190. The Kier molecular flexibility index (Phi) is 6.84. The molecule has 4 atom stereocenters. The van der Waals surface area contributed by atoms with Crippen molar-refractivity contribution >= 4 is 91.6 Å². The Morgan fingerprint density at radius 1 is 1.46 bits per heavy atom. The number of halogens is 4. The number of nitrogens with one attached hydrogen (secondary N) is 1. The molecule has 2 fully saturated rings. The molecule has 1 aromatic heterocycles. The maximum atomic E-state index is 12.7. The molecule has 0 saturated carbocycles. The third-order valence-electron chi connectivity index (χ3n) is 4.30. The fourth-order valence-electron chi connectivity index (χ4n) is 3.07. The highest BCUT2D eigenvalue weighted by Gasteiger charge is 2.61. The molecule has 3 unspecified atom stereocenters. The van der Waals surface area contributed by atoms with Crippen LogP contribution in [0.1, 0.15) is 11.8 Å². The van der Waals surface area contributed by atoms with E-state index in [1.165, 1.54) is 28.0 Å². The Morgan fingerprint density at radius 3 is 2.79 bits per heavy atom. The Labute approximate surface area is 193 Å². The van der Waals surface area contributed by atoms with E-state index in [0.717, 1.165) is 4.88 Å². The van der Waals surface area contributed by atoms with Crippen molar-refractivity contribution < 1.29 is 19.1 Å². The molecule has 1 N–H and O–H groups in total. The third-order valence-corrected chi connectivity index (χ3v) is 8.19. The van der Waals surface area contributed by atoms with Gasteiger partial charge < -0.3 is 15.0 Å². The van der Waals surface area contributed by atoms with Crippen molar-refractivity contribution in [1.82, 2.24) is 10.2 Å². The second-order valence-electron chi connectivity index (χ2n) is 6.65. The molecule has 0 spiro atoms. The molecule has 3 heterocycles. The second kappa shape index (κ2) is 8.51. The van der Waals surface area contributed by atoms with Gasteiger partial charge in [-0.1, -0.05) is 56.8 Å². The molecule has 2 aliphatic rings. The molecular formula is C16H16BrCl3N2O4S2. The molecule has 3 rings (SSSR count). The lowest BCUT2D eigenvalue weighted by Gasteiger charge is -2.56. The molecule has 0 aliphatic carbocycles. The zero-order chi connectivity index (χ0) is 20.7. The lowest BCUT2D eigenvalue weighted by Crippen LogP contribution is -2.78. The summed E-state index contributed by atoms with van der Waals surface area (Å²) in [5.74, 6) is -0.693. The standard InChI is InChI=1S/C16H16BrCl3N2O4S2/c1-15(17)7-28-13-10(21-9(23)5-8-3-2-4-27-8)12(24)22(13)11(15)14(25)26-6-16(18,19)20/h2-4,10-11,13H,5-7H2,1H3,(H,21,23)/t10?,11?,13-,15?/m1/s1. The summed E-state index contributed by atoms with van der Waals surface area (Å²) in [6.07, 6.45) is 0.212. The molecule has 2 saturated heterocycles. The summed E-state index contributed by atoms with van der Waals surface area (Å²) in [5.41, 5.74) is 0. The number of esters is 1. The third kappa shape index (κ3) is 4.92. The normalized spacial score (nSPS) is 29.7. The molecule has 12 heteroatoms. The van der Waals surface area contributed by atoms with Gasteiger partial charge in [0.25, 0.3) is 0 Å². The van der Waals surface area contributed by atoms with E-state index in [2.05, 4.69) is 21.2 Å². The van der Waals surface area contributed by atoms with Gasteiger partial charge >= 0.3 is 5.97 Å².